The lowest BCUT2D eigenvalue weighted by atomic mass is 9.68. The summed E-state index contributed by atoms with van der Waals surface area (Å²) in [6.45, 7) is 0. The fourth-order valence-corrected chi connectivity index (χ4v) is 6.35. The molecular weight excluding hydrogens is 387 g/mol. The highest BCUT2D eigenvalue weighted by atomic mass is 19.1. The molecule has 2 saturated carbocycles. The number of fused-ring (bicyclic) bond motifs is 7. The first-order valence-corrected chi connectivity index (χ1v) is 11.2. The number of amides is 1. The Balaban J connectivity index is 1.34. The molecule has 1 amide bonds. The normalized spacial score (nSPS) is 27.8. The minimum atomic E-state index is -0.312. The van der Waals surface area contributed by atoms with Gasteiger partial charge >= 0.3 is 0 Å². The summed E-state index contributed by atoms with van der Waals surface area (Å²) in [6.07, 6.45) is 3.90. The summed E-state index contributed by atoms with van der Waals surface area (Å²) in [7, 11) is 0. The molecule has 2 aliphatic carbocycles. The van der Waals surface area contributed by atoms with Crippen LogP contribution in [0.25, 0.3) is 0 Å². The maximum absolute atomic E-state index is 13.2. The Labute approximate surface area is 181 Å². The number of anilines is 2. The van der Waals surface area contributed by atoms with Crippen molar-refractivity contribution >= 4 is 17.3 Å². The van der Waals surface area contributed by atoms with Gasteiger partial charge in [0.25, 0.3) is 5.91 Å². The van der Waals surface area contributed by atoms with Crippen molar-refractivity contribution in [2.24, 2.45) is 17.8 Å². The molecule has 3 aromatic carbocycles. The van der Waals surface area contributed by atoms with E-state index in [0.29, 0.717) is 35.0 Å². The average Bonchev–Trinajstić information content (AvgIpc) is 3.43. The summed E-state index contributed by atoms with van der Waals surface area (Å²) in [5.41, 5.74) is 5.06. The summed E-state index contributed by atoms with van der Waals surface area (Å²) >= 11 is 0. The van der Waals surface area contributed by atoms with Crippen molar-refractivity contribution < 1.29 is 9.18 Å². The van der Waals surface area contributed by atoms with Crippen LogP contribution in [0.3, 0.4) is 0 Å². The van der Waals surface area contributed by atoms with Gasteiger partial charge in [0.05, 0.1) is 6.04 Å². The molecule has 6 rings (SSSR count). The van der Waals surface area contributed by atoms with Crippen LogP contribution in [0.15, 0.2) is 72.8 Å². The number of halogens is 1. The first-order chi connectivity index (χ1) is 15.2. The van der Waals surface area contributed by atoms with E-state index in [1.165, 1.54) is 42.5 Å². The van der Waals surface area contributed by atoms with Gasteiger partial charge in [-0.05, 0) is 96.5 Å². The average molecular weight is 413 g/mol. The first kappa shape index (κ1) is 18.6. The van der Waals surface area contributed by atoms with E-state index < -0.39 is 0 Å². The Morgan fingerprint density at radius 3 is 2.52 bits per heavy atom. The summed E-state index contributed by atoms with van der Waals surface area (Å²) in [5, 5.41) is 6.71. The number of nitrogens with one attached hydrogen (secondary N) is 2. The molecule has 3 aliphatic rings. The smallest absolute Gasteiger partial charge is 0.255 e. The number of carbonyl (C=O) groups excluding carboxylic acids is 1. The fourth-order valence-electron chi connectivity index (χ4n) is 6.35. The Hall–Kier alpha value is -3.14. The standard InChI is InChI=1S/C27H25FN2O/c28-20-9-11-21(12-10-20)29-27(31)19-8-13-23-22(15-19)24-17-6-7-18(14-17)25(24)26(30-23)16-4-2-1-3-5-16/h1-5,8-13,15,17-18,24-26,30H,6-7,14H2,(H,29,31)/t17-,18+,24-,25-,26+/m1/s1. The monoisotopic (exact) mass is 412 g/mol. The molecule has 0 aromatic heterocycles. The Bertz CT molecular complexity index is 1130. The van der Waals surface area contributed by atoms with Crippen LogP contribution in [-0.2, 0) is 0 Å². The van der Waals surface area contributed by atoms with Crippen LogP contribution < -0.4 is 10.6 Å². The SMILES string of the molecule is O=C(Nc1ccc(F)cc1)c1ccc2c(c1)[C@H]1[C@@H]3CC[C@@H](C3)[C@H]1[C@H](c1ccccc1)N2. The van der Waals surface area contributed by atoms with Crippen molar-refractivity contribution in [2.75, 3.05) is 10.6 Å². The maximum Gasteiger partial charge on any atom is 0.255 e. The zero-order chi connectivity index (χ0) is 20.9. The van der Waals surface area contributed by atoms with Crippen molar-refractivity contribution in [1.29, 1.82) is 0 Å². The molecule has 3 aromatic rings. The molecule has 3 nitrogen and oxygen atoms in total. The highest BCUT2D eigenvalue weighted by molar-refractivity contribution is 6.04. The predicted molar refractivity (Wildman–Crippen MR) is 121 cm³/mol. The lowest BCUT2D eigenvalue weighted by Gasteiger charge is -2.43. The van der Waals surface area contributed by atoms with Crippen LogP contribution in [-0.4, -0.2) is 5.91 Å². The summed E-state index contributed by atoms with van der Waals surface area (Å²) in [6, 6.07) is 23.0. The Morgan fingerprint density at radius 1 is 0.935 bits per heavy atom. The lowest BCUT2D eigenvalue weighted by Crippen LogP contribution is -2.35. The van der Waals surface area contributed by atoms with Gasteiger partial charge in [-0.3, -0.25) is 4.79 Å². The molecule has 1 aliphatic heterocycles. The third kappa shape index (κ3) is 3.13. The summed E-state index contributed by atoms with van der Waals surface area (Å²) in [5.74, 6) is 2.06. The molecule has 156 valence electrons. The summed E-state index contributed by atoms with van der Waals surface area (Å²) < 4.78 is 13.2. The Kier molecular flexibility index (Phi) is 4.34. The number of hydrogen-bond donors (Lipinski definition) is 2. The summed E-state index contributed by atoms with van der Waals surface area (Å²) in [4.78, 5) is 12.9. The molecule has 31 heavy (non-hydrogen) atoms. The van der Waals surface area contributed by atoms with Crippen molar-refractivity contribution in [3.05, 3.63) is 95.3 Å². The van der Waals surface area contributed by atoms with E-state index in [-0.39, 0.29) is 11.7 Å². The van der Waals surface area contributed by atoms with E-state index >= 15 is 0 Å². The topological polar surface area (TPSA) is 41.1 Å². The van der Waals surface area contributed by atoms with Gasteiger partial charge < -0.3 is 10.6 Å². The third-order valence-electron chi connectivity index (χ3n) is 7.61. The quantitative estimate of drug-likeness (QED) is 0.524. The van der Waals surface area contributed by atoms with Crippen LogP contribution in [0, 0.1) is 23.6 Å². The molecule has 4 heteroatoms. The molecule has 5 atom stereocenters. The maximum atomic E-state index is 13.2. The van der Waals surface area contributed by atoms with E-state index in [1.807, 2.05) is 6.07 Å². The molecule has 0 spiro atoms. The third-order valence-corrected chi connectivity index (χ3v) is 7.61. The molecule has 0 radical (unpaired) electrons. The lowest BCUT2D eigenvalue weighted by molar-refractivity contribution is 0.102. The highest BCUT2D eigenvalue weighted by Gasteiger charge is 2.53. The molecule has 2 N–H and O–H groups in total. The predicted octanol–water partition coefficient (Wildman–Crippen LogP) is 6.37. The fraction of sp³-hybridized carbons (Fsp3) is 0.296. The molecular formula is C27H25FN2O. The highest BCUT2D eigenvalue weighted by Crippen LogP contribution is 2.63. The number of rotatable bonds is 3. The van der Waals surface area contributed by atoms with Gasteiger partial charge in [-0.15, -0.1) is 0 Å². The van der Waals surface area contributed by atoms with E-state index in [0.717, 1.165) is 11.6 Å². The zero-order valence-corrected chi connectivity index (χ0v) is 17.2. The van der Waals surface area contributed by atoms with Gasteiger partial charge in [-0.2, -0.15) is 0 Å². The van der Waals surface area contributed by atoms with E-state index in [2.05, 4.69) is 53.1 Å². The van der Waals surface area contributed by atoms with Gasteiger partial charge in [0, 0.05) is 16.9 Å². The van der Waals surface area contributed by atoms with E-state index in [1.54, 1.807) is 12.1 Å². The second-order valence-corrected chi connectivity index (χ2v) is 9.23. The van der Waals surface area contributed by atoms with Crippen molar-refractivity contribution in [1.82, 2.24) is 0 Å². The molecule has 0 saturated heterocycles. The molecule has 0 unspecified atom stereocenters. The van der Waals surface area contributed by atoms with Crippen molar-refractivity contribution in [3.63, 3.8) is 0 Å². The van der Waals surface area contributed by atoms with Gasteiger partial charge in [0.1, 0.15) is 5.82 Å². The second-order valence-electron chi connectivity index (χ2n) is 9.23. The van der Waals surface area contributed by atoms with Gasteiger partial charge in [-0.1, -0.05) is 30.3 Å². The van der Waals surface area contributed by atoms with Crippen LogP contribution in [0.5, 0.6) is 0 Å². The van der Waals surface area contributed by atoms with Crippen LogP contribution in [0.1, 0.15) is 52.7 Å². The zero-order valence-electron chi connectivity index (χ0n) is 17.2. The first-order valence-electron chi connectivity index (χ1n) is 11.2. The van der Waals surface area contributed by atoms with Crippen LogP contribution in [0.2, 0.25) is 0 Å². The number of carbonyl (C=O) groups is 1. The van der Waals surface area contributed by atoms with Crippen molar-refractivity contribution in [2.45, 2.75) is 31.2 Å². The van der Waals surface area contributed by atoms with Gasteiger partial charge in [-0.25, -0.2) is 4.39 Å². The molecule has 1 heterocycles. The van der Waals surface area contributed by atoms with E-state index in [4.69, 9.17) is 0 Å². The van der Waals surface area contributed by atoms with E-state index in [9.17, 15) is 9.18 Å². The Morgan fingerprint density at radius 2 is 1.71 bits per heavy atom. The van der Waals surface area contributed by atoms with Crippen LogP contribution in [0.4, 0.5) is 15.8 Å². The largest absolute Gasteiger partial charge is 0.378 e. The molecule has 2 fully saturated rings. The van der Waals surface area contributed by atoms with Gasteiger partial charge in [0.15, 0.2) is 0 Å². The second kappa shape index (κ2) is 7.23. The minimum absolute atomic E-state index is 0.153. The van der Waals surface area contributed by atoms with Crippen LogP contribution >= 0.6 is 0 Å². The number of benzene rings is 3. The number of hydrogen-bond acceptors (Lipinski definition) is 2. The molecule has 2 bridgehead atoms. The minimum Gasteiger partial charge on any atom is -0.378 e. The van der Waals surface area contributed by atoms with Crippen molar-refractivity contribution in [3.8, 4) is 0 Å². The van der Waals surface area contributed by atoms with Gasteiger partial charge in [0.2, 0.25) is 0 Å².